The van der Waals surface area contributed by atoms with Gasteiger partial charge in [0.1, 0.15) is 0 Å². The number of carbonyl (C=O) groups excluding carboxylic acids is 1. The molecule has 0 bridgehead atoms. The van der Waals surface area contributed by atoms with E-state index in [4.69, 9.17) is 0 Å². The first-order chi connectivity index (χ1) is 14.3. The highest BCUT2D eigenvalue weighted by atomic mass is 32.2. The van der Waals surface area contributed by atoms with Crippen LogP contribution in [0.1, 0.15) is 16.8 Å². The average molecular weight is 450 g/mol. The Labute approximate surface area is 176 Å². The maximum absolute atomic E-state index is 12.8. The van der Waals surface area contributed by atoms with E-state index in [0.717, 1.165) is 0 Å². The van der Waals surface area contributed by atoms with Crippen molar-refractivity contribution >= 4 is 31.6 Å². The molecule has 2 aliphatic heterocycles. The second-order valence-electron chi connectivity index (χ2n) is 7.30. The number of carbonyl (C=O) groups is 1. The minimum atomic E-state index is -3.57. The number of nitrogens with zero attached hydrogens (tertiary/aromatic N) is 3. The summed E-state index contributed by atoms with van der Waals surface area (Å²) in [6.07, 6.45) is 0.596. The van der Waals surface area contributed by atoms with Crippen LogP contribution in [0.5, 0.6) is 0 Å². The third kappa shape index (κ3) is 3.94. The van der Waals surface area contributed by atoms with Gasteiger partial charge in [-0.15, -0.1) is 0 Å². The lowest BCUT2D eigenvalue weighted by molar-refractivity contribution is 0.0698. The highest BCUT2D eigenvalue weighted by Gasteiger charge is 2.31. The number of hydrogen-bond donors (Lipinski definition) is 0. The summed E-state index contributed by atoms with van der Waals surface area (Å²) in [4.78, 5) is 14.7. The van der Waals surface area contributed by atoms with Crippen LogP contribution in [0.15, 0.2) is 59.5 Å². The molecule has 0 unspecified atom stereocenters. The molecule has 8 nitrogen and oxygen atoms in total. The molecule has 2 fully saturated rings. The molecule has 0 atom stereocenters. The van der Waals surface area contributed by atoms with Gasteiger partial charge in [-0.3, -0.25) is 9.10 Å². The van der Waals surface area contributed by atoms with Crippen LogP contribution in [0.3, 0.4) is 0 Å². The van der Waals surface area contributed by atoms with E-state index in [9.17, 15) is 21.6 Å². The zero-order chi connectivity index (χ0) is 21.4. The Morgan fingerprint density at radius 2 is 1.47 bits per heavy atom. The molecular weight excluding hydrogens is 426 g/mol. The van der Waals surface area contributed by atoms with Crippen molar-refractivity contribution in [1.29, 1.82) is 0 Å². The number of anilines is 1. The molecule has 0 radical (unpaired) electrons. The van der Waals surface area contributed by atoms with Gasteiger partial charge in [-0.05, 0) is 42.8 Å². The molecule has 0 aliphatic carbocycles. The summed E-state index contributed by atoms with van der Waals surface area (Å²) in [5, 5.41) is 0. The van der Waals surface area contributed by atoms with E-state index in [-0.39, 0.29) is 29.6 Å². The summed E-state index contributed by atoms with van der Waals surface area (Å²) in [7, 11) is -6.83. The number of rotatable bonds is 4. The molecule has 0 aromatic heterocycles. The van der Waals surface area contributed by atoms with Crippen LogP contribution in [0.2, 0.25) is 0 Å². The molecule has 2 saturated heterocycles. The van der Waals surface area contributed by atoms with Crippen molar-refractivity contribution in [3.63, 3.8) is 0 Å². The van der Waals surface area contributed by atoms with Gasteiger partial charge < -0.3 is 4.90 Å². The molecule has 160 valence electrons. The van der Waals surface area contributed by atoms with Crippen LogP contribution in [0, 0.1) is 0 Å². The lowest BCUT2D eigenvalue weighted by Gasteiger charge is -2.34. The molecule has 0 N–H and O–H groups in total. The van der Waals surface area contributed by atoms with Crippen LogP contribution < -0.4 is 4.31 Å². The van der Waals surface area contributed by atoms with E-state index in [2.05, 4.69) is 0 Å². The molecule has 4 rings (SSSR count). The molecule has 2 aliphatic rings. The number of benzene rings is 2. The highest BCUT2D eigenvalue weighted by molar-refractivity contribution is 7.93. The quantitative estimate of drug-likeness (QED) is 0.703. The predicted molar refractivity (Wildman–Crippen MR) is 113 cm³/mol. The van der Waals surface area contributed by atoms with Crippen LogP contribution >= 0.6 is 0 Å². The summed E-state index contributed by atoms with van der Waals surface area (Å²) in [5.74, 6) is -0.0493. The van der Waals surface area contributed by atoms with Crippen LogP contribution in [-0.2, 0) is 20.0 Å². The Morgan fingerprint density at radius 3 is 2.03 bits per heavy atom. The summed E-state index contributed by atoms with van der Waals surface area (Å²) >= 11 is 0. The Balaban J connectivity index is 1.41. The van der Waals surface area contributed by atoms with E-state index in [1.807, 2.05) is 0 Å². The zero-order valence-electron chi connectivity index (χ0n) is 16.3. The number of sulfonamides is 2. The fourth-order valence-corrected chi connectivity index (χ4v) is 6.76. The van der Waals surface area contributed by atoms with E-state index in [1.165, 1.54) is 8.61 Å². The molecule has 0 saturated carbocycles. The van der Waals surface area contributed by atoms with Crippen molar-refractivity contribution in [2.24, 2.45) is 0 Å². The maximum Gasteiger partial charge on any atom is 0.253 e. The molecule has 30 heavy (non-hydrogen) atoms. The predicted octanol–water partition coefficient (Wildman–Crippen LogP) is 1.37. The molecule has 10 heteroatoms. The first kappa shape index (κ1) is 20.8. The topological polar surface area (TPSA) is 95.1 Å². The van der Waals surface area contributed by atoms with E-state index < -0.39 is 20.0 Å². The smallest absolute Gasteiger partial charge is 0.253 e. The largest absolute Gasteiger partial charge is 0.336 e. The van der Waals surface area contributed by atoms with Crippen molar-refractivity contribution in [3.8, 4) is 0 Å². The second-order valence-corrected chi connectivity index (χ2v) is 11.2. The van der Waals surface area contributed by atoms with E-state index >= 15 is 0 Å². The van der Waals surface area contributed by atoms with Gasteiger partial charge in [-0.25, -0.2) is 16.8 Å². The van der Waals surface area contributed by atoms with Crippen molar-refractivity contribution < 1.29 is 21.6 Å². The summed E-state index contributed by atoms with van der Waals surface area (Å²) in [6, 6.07) is 14.8. The standard InChI is InChI=1S/C20H23N3O5S2/c24-20(17-7-9-18(10-8-17)23-11-4-16-29(23,25)26)21-12-14-22(15-13-21)30(27,28)19-5-2-1-3-6-19/h1-3,5-10H,4,11-16H2. The monoisotopic (exact) mass is 449 g/mol. The van der Waals surface area contributed by atoms with Crippen LogP contribution in [-0.4, -0.2) is 70.4 Å². The Morgan fingerprint density at radius 1 is 0.833 bits per heavy atom. The first-order valence-electron chi connectivity index (χ1n) is 9.74. The third-order valence-electron chi connectivity index (χ3n) is 5.41. The van der Waals surface area contributed by atoms with E-state index in [1.54, 1.807) is 59.5 Å². The fraction of sp³-hybridized carbons (Fsp3) is 0.350. The Kier molecular flexibility index (Phi) is 5.56. The van der Waals surface area contributed by atoms with Gasteiger partial charge in [0, 0.05) is 38.3 Å². The van der Waals surface area contributed by atoms with Gasteiger partial charge in [0.05, 0.1) is 16.3 Å². The molecule has 0 spiro atoms. The highest BCUT2D eigenvalue weighted by Crippen LogP contribution is 2.25. The minimum Gasteiger partial charge on any atom is -0.336 e. The number of piperazine rings is 1. The van der Waals surface area contributed by atoms with Crippen LogP contribution in [0.4, 0.5) is 5.69 Å². The maximum atomic E-state index is 12.8. The van der Waals surface area contributed by atoms with Gasteiger partial charge in [-0.2, -0.15) is 4.31 Å². The molecule has 2 aromatic carbocycles. The van der Waals surface area contributed by atoms with Gasteiger partial charge in [-0.1, -0.05) is 18.2 Å². The van der Waals surface area contributed by atoms with Crippen molar-refractivity contribution in [1.82, 2.24) is 9.21 Å². The van der Waals surface area contributed by atoms with Gasteiger partial charge in [0.25, 0.3) is 5.91 Å². The lowest BCUT2D eigenvalue weighted by Crippen LogP contribution is -2.50. The molecule has 1 amide bonds. The zero-order valence-corrected chi connectivity index (χ0v) is 18.0. The minimum absolute atomic E-state index is 0.143. The van der Waals surface area contributed by atoms with Crippen molar-refractivity contribution in [3.05, 3.63) is 60.2 Å². The second kappa shape index (κ2) is 8.01. The Hall–Kier alpha value is -2.43. The third-order valence-corrected chi connectivity index (χ3v) is 9.19. The fourth-order valence-electron chi connectivity index (χ4n) is 3.76. The van der Waals surface area contributed by atoms with Gasteiger partial charge in [0.15, 0.2) is 0 Å². The molecular formula is C20H23N3O5S2. The normalized spacial score (nSPS) is 19.7. The van der Waals surface area contributed by atoms with Crippen molar-refractivity contribution in [2.75, 3.05) is 42.8 Å². The summed E-state index contributed by atoms with van der Waals surface area (Å²) in [5.41, 5.74) is 1.01. The summed E-state index contributed by atoms with van der Waals surface area (Å²) < 4.78 is 52.3. The van der Waals surface area contributed by atoms with Gasteiger partial charge >= 0.3 is 0 Å². The summed E-state index contributed by atoms with van der Waals surface area (Å²) in [6.45, 7) is 1.51. The van der Waals surface area contributed by atoms with Crippen molar-refractivity contribution in [2.45, 2.75) is 11.3 Å². The number of hydrogen-bond acceptors (Lipinski definition) is 5. The average Bonchev–Trinajstić information content (AvgIpc) is 3.13. The van der Waals surface area contributed by atoms with E-state index in [0.29, 0.717) is 37.3 Å². The molecule has 2 aromatic rings. The SMILES string of the molecule is O=C(c1ccc(N2CCCS2(=O)=O)cc1)N1CCN(S(=O)(=O)c2ccccc2)CC1. The Bertz CT molecular complexity index is 1120. The lowest BCUT2D eigenvalue weighted by atomic mass is 10.1. The number of amides is 1. The van der Waals surface area contributed by atoms with Gasteiger partial charge in [0.2, 0.25) is 20.0 Å². The first-order valence-corrected chi connectivity index (χ1v) is 12.8. The van der Waals surface area contributed by atoms with Crippen LogP contribution in [0.25, 0.3) is 0 Å². The molecule has 2 heterocycles.